The summed E-state index contributed by atoms with van der Waals surface area (Å²) in [5.74, 6) is 0.174. The van der Waals surface area contributed by atoms with E-state index in [1.54, 1.807) is 30.3 Å². The topological polar surface area (TPSA) is 75.4 Å². The van der Waals surface area contributed by atoms with E-state index in [2.05, 4.69) is 37.2 Å². The van der Waals surface area contributed by atoms with E-state index < -0.39 is 4.92 Å². The van der Waals surface area contributed by atoms with Crippen LogP contribution in [-0.4, -0.2) is 10.0 Å². The third kappa shape index (κ3) is 3.49. The van der Waals surface area contributed by atoms with E-state index in [1.165, 1.54) is 6.07 Å². The minimum atomic E-state index is -0.438. The van der Waals surface area contributed by atoms with Crippen molar-refractivity contribution in [2.45, 2.75) is 6.54 Å². The van der Waals surface area contributed by atoms with Crippen LogP contribution in [0.5, 0.6) is 5.75 Å². The third-order valence-corrected chi connectivity index (χ3v) is 3.96. The van der Waals surface area contributed by atoms with Crippen molar-refractivity contribution >= 4 is 43.2 Å². The average Bonchev–Trinajstić information content (AvgIpc) is 2.41. The van der Waals surface area contributed by atoms with Gasteiger partial charge < -0.3 is 10.4 Å². The fourth-order valence-corrected chi connectivity index (χ4v) is 2.44. The molecule has 0 aliphatic heterocycles. The van der Waals surface area contributed by atoms with Crippen molar-refractivity contribution in [3.8, 4) is 5.75 Å². The van der Waals surface area contributed by atoms with E-state index in [-0.39, 0.29) is 11.4 Å². The van der Waals surface area contributed by atoms with Gasteiger partial charge in [-0.05, 0) is 61.7 Å². The molecular weight excluding hydrogens is 392 g/mol. The number of benzene rings is 2. The van der Waals surface area contributed by atoms with Crippen molar-refractivity contribution in [2.24, 2.45) is 0 Å². The van der Waals surface area contributed by atoms with E-state index >= 15 is 0 Å². The molecule has 2 aromatic carbocycles. The lowest BCUT2D eigenvalue weighted by Crippen LogP contribution is -2.00. The number of phenolic OH excluding ortho intramolecular Hbond substituents is 1. The van der Waals surface area contributed by atoms with E-state index in [9.17, 15) is 15.2 Å². The van der Waals surface area contributed by atoms with Crippen molar-refractivity contribution < 1.29 is 10.0 Å². The van der Waals surface area contributed by atoms with Crippen molar-refractivity contribution in [3.05, 3.63) is 61.0 Å². The fourth-order valence-electron chi connectivity index (χ4n) is 1.63. The molecule has 0 spiro atoms. The van der Waals surface area contributed by atoms with Gasteiger partial charge in [0, 0.05) is 18.3 Å². The molecule has 104 valence electrons. The summed E-state index contributed by atoms with van der Waals surface area (Å²) in [7, 11) is 0. The van der Waals surface area contributed by atoms with E-state index in [0.29, 0.717) is 21.2 Å². The molecular formula is C13H10Br2N2O3. The third-order valence-electron chi connectivity index (χ3n) is 2.65. The molecule has 0 heterocycles. The van der Waals surface area contributed by atoms with E-state index in [4.69, 9.17) is 0 Å². The highest BCUT2D eigenvalue weighted by Crippen LogP contribution is 2.28. The summed E-state index contributed by atoms with van der Waals surface area (Å²) in [4.78, 5) is 10.4. The van der Waals surface area contributed by atoms with Gasteiger partial charge in [-0.25, -0.2) is 0 Å². The quantitative estimate of drug-likeness (QED) is 0.586. The summed E-state index contributed by atoms with van der Waals surface area (Å²) in [6.45, 7) is 0.498. The Bertz CT molecular complexity index is 662. The molecule has 2 rings (SSSR count). The minimum absolute atomic E-state index is 0.0156. The van der Waals surface area contributed by atoms with Crippen LogP contribution in [0.15, 0.2) is 45.3 Å². The highest BCUT2D eigenvalue weighted by molar-refractivity contribution is 9.11. The Labute approximate surface area is 132 Å². The van der Waals surface area contributed by atoms with Crippen LogP contribution in [0.3, 0.4) is 0 Å². The Balaban J connectivity index is 2.12. The molecule has 0 bridgehead atoms. The highest BCUT2D eigenvalue weighted by atomic mass is 79.9. The largest absolute Gasteiger partial charge is 0.507 e. The molecule has 0 radical (unpaired) electrons. The summed E-state index contributed by atoms with van der Waals surface area (Å²) in [5, 5.41) is 23.4. The lowest BCUT2D eigenvalue weighted by Gasteiger charge is -2.08. The predicted molar refractivity (Wildman–Crippen MR) is 83.9 cm³/mol. The molecule has 0 aromatic heterocycles. The van der Waals surface area contributed by atoms with Gasteiger partial charge >= 0.3 is 0 Å². The van der Waals surface area contributed by atoms with Gasteiger partial charge in [0.15, 0.2) is 0 Å². The number of nitro benzene ring substituents is 1. The van der Waals surface area contributed by atoms with Gasteiger partial charge in [-0.15, -0.1) is 0 Å². The Morgan fingerprint density at radius 2 is 1.90 bits per heavy atom. The van der Waals surface area contributed by atoms with Crippen LogP contribution in [-0.2, 0) is 6.54 Å². The Morgan fingerprint density at radius 3 is 2.55 bits per heavy atom. The number of hydrogen-bond donors (Lipinski definition) is 2. The summed E-state index contributed by atoms with van der Waals surface area (Å²) in [5.41, 5.74) is 1.62. The SMILES string of the molecule is O=[N+]([O-])c1cc(NCc2ccc(O)c(Br)c2)ccc1Br. The van der Waals surface area contributed by atoms with Gasteiger partial charge in [-0.3, -0.25) is 10.1 Å². The molecule has 0 fully saturated rings. The monoisotopic (exact) mass is 400 g/mol. The van der Waals surface area contributed by atoms with Crippen molar-refractivity contribution in [3.63, 3.8) is 0 Å². The van der Waals surface area contributed by atoms with Crippen molar-refractivity contribution in [2.75, 3.05) is 5.32 Å². The van der Waals surface area contributed by atoms with Crippen LogP contribution in [0.25, 0.3) is 0 Å². The van der Waals surface area contributed by atoms with E-state index in [0.717, 1.165) is 5.56 Å². The molecule has 7 heteroatoms. The highest BCUT2D eigenvalue weighted by Gasteiger charge is 2.12. The number of aromatic hydroxyl groups is 1. The van der Waals surface area contributed by atoms with Gasteiger partial charge in [-0.1, -0.05) is 6.07 Å². The normalized spacial score (nSPS) is 10.3. The zero-order chi connectivity index (χ0) is 14.7. The number of rotatable bonds is 4. The molecule has 2 N–H and O–H groups in total. The molecule has 0 saturated heterocycles. The molecule has 0 aliphatic rings. The second-order valence-electron chi connectivity index (χ2n) is 4.06. The summed E-state index contributed by atoms with van der Waals surface area (Å²) < 4.78 is 1.05. The zero-order valence-corrected chi connectivity index (χ0v) is 13.3. The molecule has 2 aromatic rings. The second kappa shape index (κ2) is 6.23. The average molecular weight is 402 g/mol. The first-order valence-electron chi connectivity index (χ1n) is 5.62. The summed E-state index contributed by atoms with van der Waals surface area (Å²) >= 11 is 6.38. The first-order chi connectivity index (χ1) is 9.47. The Hall–Kier alpha value is -1.60. The lowest BCUT2D eigenvalue weighted by molar-refractivity contribution is -0.385. The van der Waals surface area contributed by atoms with Gasteiger partial charge in [-0.2, -0.15) is 0 Å². The number of hydrogen-bond acceptors (Lipinski definition) is 4. The van der Waals surface area contributed by atoms with Crippen LogP contribution >= 0.6 is 31.9 Å². The first-order valence-corrected chi connectivity index (χ1v) is 7.21. The van der Waals surface area contributed by atoms with Gasteiger partial charge in [0.25, 0.3) is 5.69 Å². The molecule has 0 amide bonds. The number of halogens is 2. The van der Waals surface area contributed by atoms with Crippen LogP contribution in [0, 0.1) is 10.1 Å². The number of nitrogens with zero attached hydrogens (tertiary/aromatic N) is 1. The van der Waals surface area contributed by atoms with Crippen LogP contribution in [0.2, 0.25) is 0 Å². The van der Waals surface area contributed by atoms with Gasteiger partial charge in [0.05, 0.1) is 13.9 Å². The second-order valence-corrected chi connectivity index (χ2v) is 5.77. The van der Waals surface area contributed by atoms with Crippen LogP contribution in [0.1, 0.15) is 5.56 Å². The maximum atomic E-state index is 10.8. The number of anilines is 1. The Kier molecular flexibility index (Phi) is 4.61. The molecule has 0 atom stereocenters. The fraction of sp³-hybridized carbons (Fsp3) is 0.0769. The number of phenols is 1. The smallest absolute Gasteiger partial charge is 0.285 e. The Morgan fingerprint density at radius 1 is 1.15 bits per heavy atom. The summed E-state index contributed by atoms with van der Waals surface area (Å²) in [6.07, 6.45) is 0. The van der Waals surface area contributed by atoms with Gasteiger partial charge in [0.1, 0.15) is 5.75 Å². The van der Waals surface area contributed by atoms with Crippen LogP contribution < -0.4 is 5.32 Å². The van der Waals surface area contributed by atoms with Crippen LogP contribution in [0.4, 0.5) is 11.4 Å². The molecule has 0 unspecified atom stereocenters. The lowest BCUT2D eigenvalue weighted by atomic mass is 10.2. The predicted octanol–water partition coefficient (Wildman–Crippen LogP) is 4.44. The van der Waals surface area contributed by atoms with Crippen molar-refractivity contribution in [1.29, 1.82) is 0 Å². The first kappa shape index (κ1) is 14.8. The molecule has 20 heavy (non-hydrogen) atoms. The number of nitrogens with one attached hydrogen (secondary N) is 1. The van der Waals surface area contributed by atoms with Gasteiger partial charge in [0.2, 0.25) is 0 Å². The molecule has 0 saturated carbocycles. The zero-order valence-electron chi connectivity index (χ0n) is 10.1. The molecule has 5 nitrogen and oxygen atoms in total. The standard InChI is InChI=1S/C13H10Br2N2O3/c14-10-3-2-9(6-12(10)17(19)20)16-7-8-1-4-13(18)11(15)5-8/h1-6,16,18H,7H2. The number of nitro groups is 1. The minimum Gasteiger partial charge on any atom is -0.507 e. The summed E-state index contributed by atoms with van der Waals surface area (Å²) in [6, 6.07) is 10.0. The van der Waals surface area contributed by atoms with Crippen molar-refractivity contribution in [1.82, 2.24) is 0 Å². The maximum absolute atomic E-state index is 10.8. The molecule has 0 aliphatic carbocycles. The maximum Gasteiger partial charge on any atom is 0.285 e. The van der Waals surface area contributed by atoms with E-state index in [1.807, 2.05) is 0 Å².